The average Bonchev–Trinajstić information content (AvgIpc) is 2.87. The Morgan fingerprint density at radius 1 is 1.53 bits per heavy atom. The van der Waals surface area contributed by atoms with Gasteiger partial charge >= 0.3 is 0 Å². The third-order valence-corrected chi connectivity index (χ3v) is 2.65. The molecule has 5 nitrogen and oxygen atoms in total. The maximum atomic E-state index is 9.81. The molecule has 0 aliphatic heterocycles. The average molecular weight is 224 g/mol. The van der Waals surface area contributed by atoms with E-state index in [0.717, 1.165) is 23.8 Å². The number of aliphatic hydroxyl groups excluding tert-OH is 1. The molecule has 0 aromatic carbocycles. The molecule has 1 atom stereocenters. The van der Waals surface area contributed by atoms with Gasteiger partial charge in [-0.05, 0) is 12.5 Å². The van der Waals surface area contributed by atoms with E-state index in [2.05, 4.69) is 13.8 Å². The van der Waals surface area contributed by atoms with Crippen LogP contribution in [-0.2, 0) is 13.0 Å². The number of hydrogen-bond acceptors (Lipinski definition) is 5. The lowest BCUT2D eigenvalue weighted by molar-refractivity contribution is 0.174. The summed E-state index contributed by atoms with van der Waals surface area (Å²) < 4.78 is 9.68. The molecule has 2 rings (SSSR count). The maximum Gasteiger partial charge on any atom is 0.103 e. The molecule has 1 N–H and O–H groups in total. The Bertz CT molecular complexity index is 411. The molecule has 0 fully saturated rings. The van der Waals surface area contributed by atoms with Crippen molar-refractivity contribution in [2.75, 3.05) is 0 Å². The number of aryl methyl sites for hydroxylation is 1. The fraction of sp³-hybridized carbons (Fsp3) is 0.444. The van der Waals surface area contributed by atoms with E-state index < -0.39 is 6.10 Å². The Balaban J connectivity index is 2.02. The van der Waals surface area contributed by atoms with Gasteiger partial charge in [-0.3, -0.25) is 4.68 Å². The quantitative estimate of drug-likeness (QED) is 0.842. The number of hydrogen-bond donors (Lipinski definition) is 1. The predicted octanol–water partition coefficient (Wildman–Crippen LogP) is 1.03. The van der Waals surface area contributed by atoms with E-state index in [1.165, 1.54) is 0 Å². The van der Waals surface area contributed by atoms with E-state index in [1.807, 2.05) is 17.8 Å². The Labute approximate surface area is 91.7 Å². The molecular weight excluding hydrogens is 212 g/mol. The predicted molar refractivity (Wildman–Crippen MR) is 56.5 cm³/mol. The number of aromatic nitrogens is 4. The minimum Gasteiger partial charge on any atom is -0.386 e. The fourth-order valence-corrected chi connectivity index (χ4v) is 1.80. The van der Waals surface area contributed by atoms with Crippen molar-refractivity contribution < 1.29 is 5.11 Å². The van der Waals surface area contributed by atoms with Gasteiger partial charge in [0.1, 0.15) is 11.8 Å². The Morgan fingerprint density at radius 2 is 2.40 bits per heavy atom. The standard InChI is InChI=1S/C9H12N4OS/c1-2-13-6-7(4-10-13)3-9(14)8-5-11-15-12-8/h4-6,9,14H,2-3H2,1H3. The highest BCUT2D eigenvalue weighted by Gasteiger charge is 2.12. The zero-order valence-corrected chi connectivity index (χ0v) is 9.18. The first-order chi connectivity index (χ1) is 7.29. The number of nitrogens with zero attached hydrogens (tertiary/aromatic N) is 4. The molecule has 0 saturated carbocycles. The minimum absolute atomic E-state index is 0.533. The van der Waals surface area contributed by atoms with Crippen LogP contribution in [0.25, 0.3) is 0 Å². The first kappa shape index (κ1) is 10.3. The van der Waals surface area contributed by atoms with E-state index in [4.69, 9.17) is 0 Å². The Hall–Kier alpha value is -1.27. The summed E-state index contributed by atoms with van der Waals surface area (Å²) in [6, 6.07) is 0. The van der Waals surface area contributed by atoms with Crippen LogP contribution in [0.4, 0.5) is 0 Å². The van der Waals surface area contributed by atoms with Gasteiger partial charge < -0.3 is 5.11 Å². The van der Waals surface area contributed by atoms with Gasteiger partial charge in [-0.2, -0.15) is 13.8 Å². The van der Waals surface area contributed by atoms with Crippen LogP contribution in [0.3, 0.4) is 0 Å². The molecule has 2 heterocycles. The van der Waals surface area contributed by atoms with Crippen LogP contribution in [0.1, 0.15) is 24.3 Å². The molecule has 0 spiro atoms. The minimum atomic E-state index is -0.585. The van der Waals surface area contributed by atoms with E-state index in [1.54, 1.807) is 12.4 Å². The first-order valence-electron chi connectivity index (χ1n) is 4.76. The van der Waals surface area contributed by atoms with Gasteiger partial charge in [0.15, 0.2) is 0 Å². The van der Waals surface area contributed by atoms with Crippen molar-refractivity contribution in [2.24, 2.45) is 0 Å². The largest absolute Gasteiger partial charge is 0.386 e. The lowest BCUT2D eigenvalue weighted by atomic mass is 10.1. The fourth-order valence-electron chi connectivity index (χ4n) is 1.33. The monoisotopic (exact) mass is 224 g/mol. The van der Waals surface area contributed by atoms with Crippen LogP contribution in [0.15, 0.2) is 18.6 Å². The second-order valence-corrected chi connectivity index (χ2v) is 3.81. The zero-order valence-electron chi connectivity index (χ0n) is 8.37. The smallest absolute Gasteiger partial charge is 0.103 e. The van der Waals surface area contributed by atoms with E-state index >= 15 is 0 Å². The van der Waals surface area contributed by atoms with Crippen molar-refractivity contribution in [2.45, 2.75) is 26.0 Å². The van der Waals surface area contributed by atoms with Crippen LogP contribution in [0.2, 0.25) is 0 Å². The molecule has 6 heteroatoms. The highest BCUT2D eigenvalue weighted by molar-refractivity contribution is 6.99. The summed E-state index contributed by atoms with van der Waals surface area (Å²) in [7, 11) is 0. The number of rotatable bonds is 4. The molecule has 2 aromatic rings. The van der Waals surface area contributed by atoms with Crippen LogP contribution >= 0.6 is 11.7 Å². The molecule has 0 radical (unpaired) electrons. The van der Waals surface area contributed by atoms with Crippen molar-refractivity contribution in [1.29, 1.82) is 0 Å². The van der Waals surface area contributed by atoms with Crippen molar-refractivity contribution in [3.8, 4) is 0 Å². The van der Waals surface area contributed by atoms with Gasteiger partial charge in [-0.1, -0.05) is 0 Å². The van der Waals surface area contributed by atoms with Gasteiger partial charge in [0, 0.05) is 19.2 Å². The molecule has 15 heavy (non-hydrogen) atoms. The number of aliphatic hydroxyl groups is 1. The summed E-state index contributed by atoms with van der Waals surface area (Å²) in [6.07, 6.45) is 5.25. The van der Waals surface area contributed by atoms with E-state index in [0.29, 0.717) is 12.1 Å². The van der Waals surface area contributed by atoms with Gasteiger partial charge in [0.2, 0.25) is 0 Å². The van der Waals surface area contributed by atoms with Gasteiger partial charge in [0.25, 0.3) is 0 Å². The molecule has 0 saturated heterocycles. The second kappa shape index (κ2) is 4.50. The lowest BCUT2D eigenvalue weighted by Crippen LogP contribution is -2.01. The van der Waals surface area contributed by atoms with Crippen molar-refractivity contribution in [3.63, 3.8) is 0 Å². The third-order valence-electron chi connectivity index (χ3n) is 2.16. The molecule has 80 valence electrons. The van der Waals surface area contributed by atoms with Gasteiger partial charge in [0.05, 0.1) is 24.1 Å². The summed E-state index contributed by atoms with van der Waals surface area (Å²) in [5.74, 6) is 0. The highest BCUT2D eigenvalue weighted by Crippen LogP contribution is 2.15. The summed E-state index contributed by atoms with van der Waals surface area (Å²) in [6.45, 7) is 2.87. The highest BCUT2D eigenvalue weighted by atomic mass is 32.1. The molecule has 0 aliphatic carbocycles. The van der Waals surface area contributed by atoms with E-state index in [-0.39, 0.29) is 0 Å². The molecule has 0 amide bonds. The summed E-state index contributed by atoms with van der Waals surface area (Å²) >= 11 is 1.11. The molecule has 0 bridgehead atoms. The SMILES string of the molecule is CCn1cc(CC(O)c2cnsn2)cn1. The van der Waals surface area contributed by atoms with Crippen LogP contribution < -0.4 is 0 Å². The topological polar surface area (TPSA) is 63.8 Å². The molecule has 0 aliphatic rings. The van der Waals surface area contributed by atoms with Gasteiger partial charge in [-0.25, -0.2) is 0 Å². The summed E-state index contributed by atoms with van der Waals surface area (Å²) in [4.78, 5) is 0. The summed E-state index contributed by atoms with van der Waals surface area (Å²) in [5.41, 5.74) is 1.64. The maximum absolute atomic E-state index is 9.81. The molecular formula is C9H12N4OS. The van der Waals surface area contributed by atoms with Crippen molar-refractivity contribution in [1.82, 2.24) is 18.5 Å². The second-order valence-electron chi connectivity index (χ2n) is 3.26. The van der Waals surface area contributed by atoms with Crippen molar-refractivity contribution in [3.05, 3.63) is 29.8 Å². The Kier molecular flexibility index (Phi) is 3.08. The summed E-state index contributed by atoms with van der Waals surface area (Å²) in [5, 5.41) is 14.0. The van der Waals surface area contributed by atoms with Gasteiger partial charge in [-0.15, -0.1) is 0 Å². The normalized spacial score (nSPS) is 12.9. The lowest BCUT2D eigenvalue weighted by Gasteiger charge is -2.03. The Morgan fingerprint density at radius 3 is 3.00 bits per heavy atom. The molecule has 1 unspecified atom stereocenters. The zero-order chi connectivity index (χ0) is 10.7. The van der Waals surface area contributed by atoms with Crippen LogP contribution in [-0.4, -0.2) is 23.6 Å². The third kappa shape index (κ3) is 2.40. The van der Waals surface area contributed by atoms with Crippen molar-refractivity contribution >= 4 is 11.7 Å². The van der Waals surface area contributed by atoms with Crippen LogP contribution in [0.5, 0.6) is 0 Å². The van der Waals surface area contributed by atoms with Crippen LogP contribution in [0, 0.1) is 0 Å². The molecule has 2 aromatic heterocycles. The van der Waals surface area contributed by atoms with E-state index in [9.17, 15) is 5.11 Å². The first-order valence-corrected chi connectivity index (χ1v) is 5.49.